The van der Waals surface area contributed by atoms with Gasteiger partial charge in [0, 0.05) is 20.7 Å². The Hall–Kier alpha value is -3.35. The summed E-state index contributed by atoms with van der Waals surface area (Å²) in [7, 11) is -1.25. The van der Waals surface area contributed by atoms with E-state index in [9.17, 15) is 31.8 Å². The molecule has 2 aromatic heterocycles. The van der Waals surface area contributed by atoms with Gasteiger partial charge in [-0.05, 0) is 36.6 Å². The highest BCUT2D eigenvalue weighted by Crippen LogP contribution is 2.33. The van der Waals surface area contributed by atoms with Crippen molar-refractivity contribution in [1.29, 1.82) is 0 Å². The summed E-state index contributed by atoms with van der Waals surface area (Å²) in [5.41, 5.74) is 0.642. The zero-order valence-electron chi connectivity index (χ0n) is 23.2. The van der Waals surface area contributed by atoms with Crippen LogP contribution in [0.25, 0.3) is 11.2 Å². The molecule has 3 aromatic rings. The molecule has 1 saturated heterocycles. The second-order valence-electron chi connectivity index (χ2n) is 9.70. The lowest BCUT2D eigenvalue weighted by Gasteiger charge is -2.19. The number of rotatable bonds is 11. The van der Waals surface area contributed by atoms with E-state index in [1.807, 2.05) is 0 Å². The Labute approximate surface area is 239 Å². The summed E-state index contributed by atoms with van der Waals surface area (Å²) in [6.45, 7) is 5.53. The van der Waals surface area contributed by atoms with Crippen molar-refractivity contribution in [3.8, 4) is 0 Å². The van der Waals surface area contributed by atoms with Crippen molar-refractivity contribution >= 4 is 27.0 Å². The summed E-state index contributed by atoms with van der Waals surface area (Å²) in [6, 6.07) is 2.88. The average molecular weight is 616 g/mol. The third-order valence-electron chi connectivity index (χ3n) is 7.00. The maximum absolute atomic E-state index is 13.4. The van der Waals surface area contributed by atoms with Crippen LogP contribution in [-0.4, -0.2) is 83.4 Å². The zero-order chi connectivity index (χ0) is 31.0. The highest BCUT2D eigenvalue weighted by Gasteiger charge is 2.44. The Morgan fingerprint density at radius 1 is 1.19 bits per heavy atom. The van der Waals surface area contributed by atoms with Gasteiger partial charge in [-0.25, -0.2) is 28.1 Å². The number of hydrogen-bond acceptors (Lipinski definition) is 11. The van der Waals surface area contributed by atoms with Crippen LogP contribution in [-0.2, 0) is 32.6 Å². The Kier molecular flexibility index (Phi) is 9.10. The highest BCUT2D eigenvalue weighted by atomic mass is 32.2. The number of fused-ring (bicyclic) bond motifs is 1. The van der Waals surface area contributed by atoms with E-state index < -0.39 is 59.5 Å². The standard InChI is InChI=1S/C25H32F3N7O6S/c1-12-6-7-17(15(13(12)2)8-30-14(3)25(26,27)28)42(38,39)32-9-18-33-22(29-4)19-23(34-18)35(11-31-19)24-21(37)20(36)16(41-24)10-40-5/h6-7,11,16,20-21,24,30,32,36-37H,3,8-10H2,1-2,4-5H3,(H,29,33,34)/t16-,20-,21-,24-/m1/s1. The van der Waals surface area contributed by atoms with Crippen LogP contribution in [0, 0.1) is 13.8 Å². The normalized spacial score (nSPS) is 21.2. The lowest BCUT2D eigenvalue weighted by molar-refractivity contribution is -0.0965. The number of aromatic nitrogens is 4. The molecule has 0 bridgehead atoms. The first-order valence-electron chi connectivity index (χ1n) is 12.7. The summed E-state index contributed by atoms with van der Waals surface area (Å²) in [5.74, 6) is 0.281. The third kappa shape index (κ3) is 6.20. The Morgan fingerprint density at radius 3 is 2.55 bits per heavy atom. The molecule has 1 fully saturated rings. The summed E-state index contributed by atoms with van der Waals surface area (Å²) in [4.78, 5) is 12.8. The van der Waals surface area contributed by atoms with E-state index >= 15 is 0 Å². The maximum atomic E-state index is 13.4. The zero-order valence-corrected chi connectivity index (χ0v) is 24.0. The second-order valence-corrected chi connectivity index (χ2v) is 11.4. The molecule has 1 aromatic carbocycles. The fraction of sp³-hybridized carbons (Fsp3) is 0.480. The van der Waals surface area contributed by atoms with Crippen molar-refractivity contribution in [3.05, 3.63) is 53.3 Å². The minimum atomic E-state index is -4.69. The third-order valence-corrected chi connectivity index (χ3v) is 8.49. The molecule has 1 aliphatic heterocycles. The number of alkyl halides is 3. The van der Waals surface area contributed by atoms with Crippen LogP contribution in [0.4, 0.5) is 19.0 Å². The van der Waals surface area contributed by atoms with Crippen molar-refractivity contribution in [2.45, 2.75) is 62.5 Å². The number of halogens is 3. The van der Waals surface area contributed by atoms with Crippen LogP contribution < -0.4 is 15.4 Å². The number of benzene rings is 1. The number of methoxy groups -OCH3 is 1. The number of aliphatic hydroxyl groups excluding tert-OH is 2. The quantitative estimate of drug-likeness (QED) is 0.211. The lowest BCUT2D eigenvalue weighted by Crippen LogP contribution is -2.33. The van der Waals surface area contributed by atoms with Crippen LogP contribution in [0.15, 0.2) is 35.6 Å². The van der Waals surface area contributed by atoms with Crippen molar-refractivity contribution in [2.75, 3.05) is 26.1 Å². The molecular weight excluding hydrogens is 583 g/mol. The Balaban J connectivity index is 1.63. The second kappa shape index (κ2) is 12.1. The van der Waals surface area contributed by atoms with Gasteiger partial charge in [0.15, 0.2) is 23.2 Å². The van der Waals surface area contributed by atoms with Gasteiger partial charge >= 0.3 is 6.18 Å². The van der Waals surface area contributed by atoms with E-state index in [0.29, 0.717) is 16.6 Å². The van der Waals surface area contributed by atoms with Crippen molar-refractivity contribution < 1.29 is 41.3 Å². The molecule has 0 radical (unpaired) electrons. The molecule has 0 amide bonds. The van der Waals surface area contributed by atoms with Crippen molar-refractivity contribution in [3.63, 3.8) is 0 Å². The molecule has 1 aliphatic rings. The number of aryl methyl sites for hydroxylation is 1. The molecule has 0 aliphatic carbocycles. The molecule has 4 rings (SSSR count). The highest BCUT2D eigenvalue weighted by molar-refractivity contribution is 7.89. The van der Waals surface area contributed by atoms with Crippen LogP contribution >= 0.6 is 0 Å². The summed E-state index contributed by atoms with van der Waals surface area (Å²) in [5, 5.41) is 26.0. The first kappa shape index (κ1) is 31.6. The van der Waals surface area contributed by atoms with Crippen LogP contribution in [0.5, 0.6) is 0 Å². The number of ether oxygens (including phenoxy) is 2. The molecule has 4 atom stereocenters. The molecule has 5 N–H and O–H groups in total. The SMILES string of the molecule is C=C(NCc1c(S(=O)(=O)NCc2nc(NC)c3ncn([C@@H]4O[C@H](COC)[C@@H](O)[C@H]4O)c3n2)ccc(C)c1C)C(F)(F)F. The number of aliphatic hydroxyl groups is 2. The molecule has 0 spiro atoms. The predicted molar refractivity (Wildman–Crippen MR) is 145 cm³/mol. The van der Waals surface area contributed by atoms with Crippen LogP contribution in [0.3, 0.4) is 0 Å². The summed E-state index contributed by atoms with van der Waals surface area (Å²) in [6.07, 6.45) is -7.77. The molecule has 230 valence electrons. The summed E-state index contributed by atoms with van der Waals surface area (Å²) < 4.78 is 80.4. The smallest absolute Gasteiger partial charge is 0.387 e. The van der Waals surface area contributed by atoms with E-state index in [1.54, 1.807) is 27.0 Å². The first-order chi connectivity index (χ1) is 19.7. The Morgan fingerprint density at radius 2 is 1.90 bits per heavy atom. The van der Waals surface area contributed by atoms with Crippen molar-refractivity contribution in [2.24, 2.45) is 0 Å². The molecule has 13 nitrogen and oxygen atoms in total. The van der Waals surface area contributed by atoms with E-state index in [2.05, 4.69) is 36.9 Å². The molecule has 3 heterocycles. The fourth-order valence-electron chi connectivity index (χ4n) is 4.52. The predicted octanol–water partition coefficient (Wildman–Crippen LogP) is 1.39. The number of imidazole rings is 1. The van der Waals surface area contributed by atoms with Gasteiger partial charge in [-0.1, -0.05) is 12.6 Å². The lowest BCUT2D eigenvalue weighted by atomic mass is 10.0. The summed E-state index contributed by atoms with van der Waals surface area (Å²) >= 11 is 0. The molecule has 0 unspecified atom stereocenters. The number of nitrogens with one attached hydrogen (secondary N) is 3. The maximum Gasteiger partial charge on any atom is 0.430 e. The number of nitrogens with zero attached hydrogens (tertiary/aromatic N) is 4. The minimum Gasteiger partial charge on any atom is -0.387 e. The van der Waals surface area contributed by atoms with Gasteiger partial charge in [-0.15, -0.1) is 0 Å². The van der Waals surface area contributed by atoms with Gasteiger partial charge in [-0.2, -0.15) is 13.2 Å². The molecule has 17 heteroatoms. The van der Waals surface area contributed by atoms with E-state index in [1.165, 1.54) is 24.1 Å². The molecular formula is C25H32F3N7O6S. The van der Waals surface area contributed by atoms with Gasteiger partial charge in [-0.3, -0.25) is 4.57 Å². The van der Waals surface area contributed by atoms with Gasteiger partial charge in [0.05, 0.1) is 24.4 Å². The van der Waals surface area contributed by atoms with E-state index in [4.69, 9.17) is 9.47 Å². The van der Waals surface area contributed by atoms with Gasteiger partial charge < -0.3 is 30.3 Å². The van der Waals surface area contributed by atoms with Crippen LogP contribution in [0.2, 0.25) is 0 Å². The van der Waals surface area contributed by atoms with Gasteiger partial charge in [0.1, 0.15) is 29.8 Å². The van der Waals surface area contributed by atoms with Gasteiger partial charge in [0.2, 0.25) is 10.0 Å². The number of allylic oxidation sites excluding steroid dienone is 1. The van der Waals surface area contributed by atoms with Gasteiger partial charge in [0.25, 0.3) is 0 Å². The number of sulfonamides is 1. The minimum absolute atomic E-state index is 0.0209. The monoisotopic (exact) mass is 615 g/mol. The van der Waals surface area contributed by atoms with Crippen LogP contribution in [0.1, 0.15) is 28.7 Å². The van der Waals surface area contributed by atoms with E-state index in [0.717, 1.165) is 0 Å². The molecule has 0 saturated carbocycles. The Bertz CT molecular complexity index is 1580. The van der Waals surface area contributed by atoms with Crippen molar-refractivity contribution in [1.82, 2.24) is 29.6 Å². The fourth-order valence-corrected chi connectivity index (χ4v) is 5.79. The topological polar surface area (TPSA) is 173 Å². The largest absolute Gasteiger partial charge is 0.430 e. The number of anilines is 1. The van der Waals surface area contributed by atoms with E-state index in [-0.39, 0.29) is 34.4 Å². The number of hydrogen-bond donors (Lipinski definition) is 5. The molecule has 42 heavy (non-hydrogen) atoms. The average Bonchev–Trinajstić information content (AvgIpc) is 3.47. The first-order valence-corrected chi connectivity index (χ1v) is 14.2.